The SMILES string of the molecule is NC1CCCC1c1nc2c(Cl)cccc2[nH]1. The number of benzene rings is 1. The Morgan fingerprint density at radius 2 is 2.25 bits per heavy atom. The third kappa shape index (κ3) is 1.51. The fourth-order valence-corrected chi connectivity index (χ4v) is 2.74. The maximum atomic E-state index is 6.10. The maximum absolute atomic E-state index is 6.10. The average molecular weight is 236 g/mol. The molecule has 84 valence electrons. The molecular weight excluding hydrogens is 222 g/mol. The smallest absolute Gasteiger partial charge is 0.111 e. The van der Waals surface area contributed by atoms with Crippen molar-refractivity contribution in [2.24, 2.45) is 5.73 Å². The average Bonchev–Trinajstić information content (AvgIpc) is 2.84. The summed E-state index contributed by atoms with van der Waals surface area (Å²) in [5.41, 5.74) is 7.94. The van der Waals surface area contributed by atoms with Gasteiger partial charge in [-0.15, -0.1) is 0 Å². The molecule has 1 saturated carbocycles. The Bertz CT molecular complexity index is 520. The molecule has 1 aromatic carbocycles. The number of hydrogen-bond acceptors (Lipinski definition) is 2. The Labute approximate surface area is 99.0 Å². The molecule has 1 heterocycles. The Kier molecular flexibility index (Phi) is 2.37. The molecule has 0 aliphatic heterocycles. The van der Waals surface area contributed by atoms with E-state index in [0.29, 0.717) is 10.9 Å². The van der Waals surface area contributed by atoms with E-state index in [1.807, 2.05) is 18.2 Å². The summed E-state index contributed by atoms with van der Waals surface area (Å²) in [6.45, 7) is 0. The van der Waals surface area contributed by atoms with Crippen LogP contribution in [0.1, 0.15) is 31.0 Å². The number of hydrogen-bond donors (Lipinski definition) is 2. The molecule has 4 heteroatoms. The van der Waals surface area contributed by atoms with E-state index in [9.17, 15) is 0 Å². The summed E-state index contributed by atoms with van der Waals surface area (Å²) < 4.78 is 0. The lowest BCUT2D eigenvalue weighted by atomic mass is 10.0. The monoisotopic (exact) mass is 235 g/mol. The summed E-state index contributed by atoms with van der Waals surface area (Å²) in [4.78, 5) is 7.91. The van der Waals surface area contributed by atoms with Crippen LogP contribution in [0.15, 0.2) is 18.2 Å². The predicted molar refractivity (Wildman–Crippen MR) is 65.7 cm³/mol. The lowest BCUT2D eigenvalue weighted by molar-refractivity contribution is 0.588. The molecule has 2 unspecified atom stereocenters. The van der Waals surface area contributed by atoms with E-state index in [2.05, 4.69) is 9.97 Å². The van der Waals surface area contributed by atoms with Crippen molar-refractivity contribution in [3.63, 3.8) is 0 Å². The highest BCUT2D eigenvalue weighted by molar-refractivity contribution is 6.34. The first kappa shape index (κ1) is 10.1. The van der Waals surface area contributed by atoms with Crippen LogP contribution in [0.5, 0.6) is 0 Å². The van der Waals surface area contributed by atoms with Crippen molar-refractivity contribution in [2.75, 3.05) is 0 Å². The van der Waals surface area contributed by atoms with Crippen molar-refractivity contribution in [3.05, 3.63) is 29.0 Å². The van der Waals surface area contributed by atoms with Crippen LogP contribution in [-0.4, -0.2) is 16.0 Å². The maximum Gasteiger partial charge on any atom is 0.111 e. The molecule has 0 saturated heterocycles. The Morgan fingerprint density at radius 3 is 2.94 bits per heavy atom. The van der Waals surface area contributed by atoms with Crippen LogP contribution in [0.4, 0.5) is 0 Å². The van der Waals surface area contributed by atoms with Gasteiger partial charge in [0, 0.05) is 12.0 Å². The minimum atomic E-state index is 0.235. The standard InChI is InChI=1S/C12H14ClN3/c13-8-4-2-6-10-11(8)16-12(15-10)7-3-1-5-9(7)14/h2,4,6-7,9H,1,3,5,14H2,(H,15,16). The fraction of sp³-hybridized carbons (Fsp3) is 0.417. The van der Waals surface area contributed by atoms with Crippen LogP contribution in [0.25, 0.3) is 11.0 Å². The first-order chi connectivity index (χ1) is 7.75. The van der Waals surface area contributed by atoms with E-state index >= 15 is 0 Å². The number of halogens is 1. The van der Waals surface area contributed by atoms with Gasteiger partial charge in [0.2, 0.25) is 0 Å². The quantitative estimate of drug-likeness (QED) is 0.799. The van der Waals surface area contributed by atoms with E-state index in [4.69, 9.17) is 17.3 Å². The molecule has 0 bridgehead atoms. The third-order valence-electron chi connectivity index (χ3n) is 3.40. The summed E-state index contributed by atoms with van der Waals surface area (Å²) in [7, 11) is 0. The van der Waals surface area contributed by atoms with Crippen LogP contribution in [-0.2, 0) is 0 Å². The van der Waals surface area contributed by atoms with Gasteiger partial charge in [-0.25, -0.2) is 4.98 Å². The molecule has 1 aromatic heterocycles. The molecule has 3 rings (SSSR count). The van der Waals surface area contributed by atoms with E-state index < -0.39 is 0 Å². The van der Waals surface area contributed by atoms with E-state index in [-0.39, 0.29) is 6.04 Å². The van der Waals surface area contributed by atoms with Gasteiger partial charge in [-0.05, 0) is 25.0 Å². The molecule has 0 amide bonds. The Balaban J connectivity index is 2.08. The normalized spacial score (nSPS) is 25.4. The number of fused-ring (bicyclic) bond motifs is 1. The molecule has 1 aliphatic carbocycles. The number of aromatic nitrogens is 2. The third-order valence-corrected chi connectivity index (χ3v) is 3.71. The number of nitrogens with one attached hydrogen (secondary N) is 1. The molecule has 0 radical (unpaired) electrons. The summed E-state index contributed by atoms with van der Waals surface area (Å²) >= 11 is 6.10. The molecule has 2 aromatic rings. The lowest BCUT2D eigenvalue weighted by Gasteiger charge is -2.11. The zero-order chi connectivity index (χ0) is 11.1. The van der Waals surface area contributed by atoms with Gasteiger partial charge >= 0.3 is 0 Å². The number of nitrogens with two attached hydrogens (primary N) is 1. The van der Waals surface area contributed by atoms with Gasteiger partial charge in [0.15, 0.2) is 0 Å². The zero-order valence-corrected chi connectivity index (χ0v) is 9.67. The highest BCUT2D eigenvalue weighted by atomic mass is 35.5. The second kappa shape index (κ2) is 3.75. The molecule has 1 fully saturated rings. The van der Waals surface area contributed by atoms with Crippen LogP contribution in [0.2, 0.25) is 5.02 Å². The highest BCUT2D eigenvalue weighted by Gasteiger charge is 2.28. The Hall–Kier alpha value is -1.06. The fourth-order valence-electron chi connectivity index (χ4n) is 2.52. The lowest BCUT2D eigenvalue weighted by Crippen LogP contribution is -2.23. The van der Waals surface area contributed by atoms with Crippen molar-refractivity contribution >= 4 is 22.6 Å². The van der Waals surface area contributed by atoms with Crippen molar-refractivity contribution in [1.29, 1.82) is 0 Å². The molecule has 1 aliphatic rings. The zero-order valence-electron chi connectivity index (χ0n) is 8.91. The number of rotatable bonds is 1. The van der Waals surface area contributed by atoms with Crippen LogP contribution in [0, 0.1) is 0 Å². The summed E-state index contributed by atoms with van der Waals surface area (Å²) in [5, 5.41) is 0.701. The van der Waals surface area contributed by atoms with Crippen LogP contribution in [0.3, 0.4) is 0 Å². The number of H-pyrrole nitrogens is 1. The van der Waals surface area contributed by atoms with E-state index in [0.717, 1.165) is 29.7 Å². The first-order valence-electron chi connectivity index (χ1n) is 5.65. The molecule has 2 atom stereocenters. The minimum Gasteiger partial charge on any atom is -0.342 e. The van der Waals surface area contributed by atoms with Gasteiger partial charge in [0.05, 0.1) is 10.5 Å². The molecule has 0 spiro atoms. The van der Waals surface area contributed by atoms with Gasteiger partial charge in [-0.3, -0.25) is 0 Å². The number of imidazole rings is 1. The molecule has 3 N–H and O–H groups in total. The van der Waals surface area contributed by atoms with Crippen molar-refractivity contribution in [1.82, 2.24) is 9.97 Å². The predicted octanol–water partition coefficient (Wildman–Crippen LogP) is 2.81. The summed E-state index contributed by atoms with van der Waals surface area (Å²) in [5.74, 6) is 1.36. The second-order valence-electron chi connectivity index (χ2n) is 4.46. The van der Waals surface area contributed by atoms with Crippen molar-refractivity contribution in [2.45, 2.75) is 31.2 Å². The van der Waals surface area contributed by atoms with E-state index in [1.165, 1.54) is 6.42 Å². The van der Waals surface area contributed by atoms with Crippen LogP contribution >= 0.6 is 11.6 Å². The number of aromatic amines is 1. The van der Waals surface area contributed by atoms with Gasteiger partial charge < -0.3 is 10.7 Å². The van der Waals surface area contributed by atoms with Crippen molar-refractivity contribution in [3.8, 4) is 0 Å². The van der Waals surface area contributed by atoms with Gasteiger partial charge in [-0.2, -0.15) is 0 Å². The first-order valence-corrected chi connectivity index (χ1v) is 6.03. The number of para-hydroxylation sites is 1. The molecule has 3 nitrogen and oxygen atoms in total. The van der Waals surface area contributed by atoms with E-state index in [1.54, 1.807) is 0 Å². The summed E-state index contributed by atoms with van der Waals surface area (Å²) in [6.07, 6.45) is 3.41. The summed E-state index contributed by atoms with van der Waals surface area (Å²) in [6, 6.07) is 6.03. The molecular formula is C12H14ClN3. The van der Waals surface area contributed by atoms with Crippen molar-refractivity contribution < 1.29 is 0 Å². The van der Waals surface area contributed by atoms with Gasteiger partial charge in [0.1, 0.15) is 11.3 Å². The topological polar surface area (TPSA) is 54.7 Å². The van der Waals surface area contributed by atoms with Crippen LogP contribution < -0.4 is 5.73 Å². The molecule has 16 heavy (non-hydrogen) atoms. The second-order valence-corrected chi connectivity index (χ2v) is 4.87. The Morgan fingerprint density at radius 1 is 1.38 bits per heavy atom. The number of nitrogens with zero attached hydrogens (tertiary/aromatic N) is 1. The largest absolute Gasteiger partial charge is 0.342 e. The highest BCUT2D eigenvalue weighted by Crippen LogP contribution is 2.33. The minimum absolute atomic E-state index is 0.235. The van der Waals surface area contributed by atoms with Gasteiger partial charge in [-0.1, -0.05) is 24.1 Å². The van der Waals surface area contributed by atoms with Gasteiger partial charge in [0.25, 0.3) is 0 Å².